The second-order valence-corrected chi connectivity index (χ2v) is 9.35. The van der Waals surface area contributed by atoms with E-state index in [9.17, 15) is 30.0 Å². The zero-order valence-corrected chi connectivity index (χ0v) is 20.8. The number of carbonyl (C=O) groups is 2. The van der Waals surface area contributed by atoms with E-state index in [4.69, 9.17) is 14.2 Å². The van der Waals surface area contributed by atoms with E-state index in [0.29, 0.717) is 16.7 Å². The van der Waals surface area contributed by atoms with Crippen molar-refractivity contribution in [2.45, 2.75) is 12.3 Å². The van der Waals surface area contributed by atoms with Gasteiger partial charge in [0.1, 0.15) is 17.2 Å². The lowest BCUT2D eigenvalue weighted by Crippen LogP contribution is -2.32. The summed E-state index contributed by atoms with van der Waals surface area (Å²) in [6, 6.07) is 13.8. The van der Waals surface area contributed by atoms with Crippen LogP contribution in [0.15, 0.2) is 65.9 Å². The van der Waals surface area contributed by atoms with Crippen LogP contribution in [0.1, 0.15) is 37.8 Å². The van der Waals surface area contributed by atoms with Gasteiger partial charge in [0.25, 0.3) is 0 Å². The summed E-state index contributed by atoms with van der Waals surface area (Å²) in [5.74, 6) is -3.12. The van der Waals surface area contributed by atoms with Crippen molar-refractivity contribution in [3.8, 4) is 40.2 Å². The first kappa shape index (κ1) is 24.2. The molecule has 1 aliphatic carbocycles. The molecule has 4 N–H and O–H groups in total. The highest BCUT2D eigenvalue weighted by atomic mass is 16.5. The molecule has 2 aliphatic rings. The third-order valence-corrected chi connectivity index (χ3v) is 7.22. The summed E-state index contributed by atoms with van der Waals surface area (Å²) >= 11 is 0. The Balaban J connectivity index is 1.60. The summed E-state index contributed by atoms with van der Waals surface area (Å²) in [4.78, 5) is 28.1. The van der Waals surface area contributed by atoms with Crippen molar-refractivity contribution in [3.05, 3.63) is 88.2 Å². The zero-order valence-electron chi connectivity index (χ0n) is 20.8. The van der Waals surface area contributed by atoms with Gasteiger partial charge in [-0.15, -0.1) is 0 Å². The number of rotatable bonds is 4. The van der Waals surface area contributed by atoms with Gasteiger partial charge in [-0.25, -0.2) is 0 Å². The van der Waals surface area contributed by atoms with Crippen molar-refractivity contribution < 1.29 is 44.2 Å². The van der Waals surface area contributed by atoms with Crippen molar-refractivity contribution in [1.82, 2.24) is 0 Å². The smallest absolute Gasteiger partial charge is 0.229 e. The van der Waals surface area contributed by atoms with Crippen molar-refractivity contribution >= 4 is 22.3 Å². The van der Waals surface area contributed by atoms with Crippen LogP contribution in [-0.2, 0) is 6.42 Å². The molecule has 1 aliphatic heterocycles. The molecular weight excluding hydrogens is 504 g/mol. The largest absolute Gasteiger partial charge is 0.508 e. The highest BCUT2D eigenvalue weighted by Crippen LogP contribution is 2.55. The Hall–Kier alpha value is -5.18. The quantitative estimate of drug-likeness (QED) is 0.278. The fraction of sp³-hybridized carbons (Fsp3) is 0.133. The van der Waals surface area contributed by atoms with E-state index >= 15 is 0 Å². The highest BCUT2D eigenvalue weighted by Gasteiger charge is 2.45. The van der Waals surface area contributed by atoms with Gasteiger partial charge in [0.05, 0.1) is 19.8 Å². The van der Waals surface area contributed by atoms with Crippen LogP contribution in [0.3, 0.4) is 0 Å². The van der Waals surface area contributed by atoms with Gasteiger partial charge in [0, 0.05) is 28.0 Å². The van der Waals surface area contributed by atoms with E-state index in [-0.39, 0.29) is 57.3 Å². The molecule has 0 spiro atoms. The Labute approximate surface area is 221 Å². The molecule has 0 radical (unpaired) electrons. The Kier molecular flexibility index (Phi) is 5.39. The third kappa shape index (κ3) is 3.54. The number of hydrogen-bond donors (Lipinski definition) is 4. The lowest BCUT2D eigenvalue weighted by Gasteiger charge is -2.34. The van der Waals surface area contributed by atoms with Crippen molar-refractivity contribution in [2.75, 3.05) is 14.2 Å². The fourth-order valence-electron chi connectivity index (χ4n) is 5.37. The van der Waals surface area contributed by atoms with Crippen LogP contribution in [0.4, 0.5) is 0 Å². The van der Waals surface area contributed by atoms with Gasteiger partial charge in [-0.3, -0.25) is 9.59 Å². The summed E-state index contributed by atoms with van der Waals surface area (Å²) in [5, 5.41) is 42.0. The Morgan fingerprint density at radius 2 is 1.56 bits per heavy atom. The number of allylic oxidation sites excluding steroid dienone is 2. The van der Waals surface area contributed by atoms with Crippen LogP contribution in [0.2, 0.25) is 0 Å². The van der Waals surface area contributed by atoms with E-state index in [1.54, 1.807) is 19.2 Å². The number of fused-ring (bicyclic) bond motifs is 4. The molecule has 0 saturated carbocycles. The monoisotopic (exact) mass is 526 g/mol. The second kappa shape index (κ2) is 8.70. The first-order chi connectivity index (χ1) is 18.7. The SMILES string of the molecule is COc1ccc(CC2C3=C(Oc4c2cc(O)c(O)c4OC)C(=O)c2cc(O)c4cc(O)ccc4c2C3=O)cc1. The Bertz CT molecular complexity index is 1750. The van der Waals surface area contributed by atoms with Crippen LogP contribution in [0.5, 0.6) is 40.2 Å². The Morgan fingerprint density at radius 3 is 2.26 bits per heavy atom. The number of benzene rings is 4. The van der Waals surface area contributed by atoms with Crippen molar-refractivity contribution in [2.24, 2.45) is 0 Å². The summed E-state index contributed by atoms with van der Waals surface area (Å²) in [7, 11) is 2.83. The van der Waals surface area contributed by atoms with Gasteiger partial charge >= 0.3 is 0 Å². The average Bonchev–Trinajstić information content (AvgIpc) is 2.93. The second-order valence-electron chi connectivity index (χ2n) is 9.35. The molecule has 39 heavy (non-hydrogen) atoms. The van der Waals surface area contributed by atoms with Gasteiger partial charge in [-0.1, -0.05) is 12.1 Å². The molecule has 0 fully saturated rings. The number of ether oxygens (including phenoxy) is 3. The molecule has 0 amide bonds. The summed E-state index contributed by atoms with van der Waals surface area (Å²) in [5.41, 5.74) is 1.25. The molecule has 196 valence electrons. The van der Waals surface area contributed by atoms with Crippen LogP contribution in [0, 0.1) is 0 Å². The lowest BCUT2D eigenvalue weighted by atomic mass is 9.74. The topological polar surface area (TPSA) is 143 Å². The van der Waals surface area contributed by atoms with E-state index < -0.39 is 29.0 Å². The van der Waals surface area contributed by atoms with E-state index in [0.717, 1.165) is 5.56 Å². The van der Waals surface area contributed by atoms with E-state index in [1.165, 1.54) is 37.4 Å². The summed E-state index contributed by atoms with van der Waals surface area (Å²) in [6.45, 7) is 0. The van der Waals surface area contributed by atoms with Crippen LogP contribution >= 0.6 is 0 Å². The predicted molar refractivity (Wildman–Crippen MR) is 139 cm³/mol. The first-order valence-corrected chi connectivity index (χ1v) is 12.0. The van der Waals surface area contributed by atoms with Crippen LogP contribution in [0.25, 0.3) is 10.8 Å². The molecular formula is C30H22O9. The lowest BCUT2D eigenvalue weighted by molar-refractivity contribution is 0.0924. The predicted octanol–water partition coefficient (Wildman–Crippen LogP) is 4.73. The molecule has 0 bridgehead atoms. The maximum atomic E-state index is 14.2. The van der Waals surface area contributed by atoms with Gasteiger partial charge in [-0.2, -0.15) is 0 Å². The van der Waals surface area contributed by atoms with Gasteiger partial charge < -0.3 is 34.6 Å². The highest BCUT2D eigenvalue weighted by molar-refractivity contribution is 6.31. The van der Waals surface area contributed by atoms with Crippen molar-refractivity contribution in [3.63, 3.8) is 0 Å². The number of methoxy groups -OCH3 is 2. The van der Waals surface area contributed by atoms with Crippen LogP contribution in [-0.4, -0.2) is 46.2 Å². The molecule has 4 aromatic carbocycles. The van der Waals surface area contributed by atoms with Gasteiger partial charge in [0.2, 0.25) is 17.3 Å². The molecule has 4 aromatic rings. The molecule has 1 atom stereocenters. The Morgan fingerprint density at radius 1 is 0.821 bits per heavy atom. The average molecular weight is 526 g/mol. The molecule has 0 saturated heterocycles. The molecule has 1 unspecified atom stereocenters. The van der Waals surface area contributed by atoms with E-state index in [1.807, 2.05) is 12.1 Å². The number of phenols is 4. The zero-order chi connectivity index (χ0) is 27.6. The minimum atomic E-state index is -0.775. The number of phenolic OH excluding ortho intramolecular Hbond substituents is 4. The number of ketones is 2. The number of carbonyl (C=O) groups excluding carboxylic acids is 2. The van der Waals surface area contributed by atoms with Gasteiger partial charge in [0.15, 0.2) is 23.0 Å². The molecule has 1 heterocycles. The van der Waals surface area contributed by atoms with Crippen molar-refractivity contribution in [1.29, 1.82) is 0 Å². The van der Waals surface area contributed by atoms with Gasteiger partial charge in [-0.05, 0) is 59.8 Å². The number of aromatic hydroxyl groups is 4. The summed E-state index contributed by atoms with van der Waals surface area (Å²) in [6.07, 6.45) is 0.234. The van der Waals surface area contributed by atoms with E-state index in [2.05, 4.69) is 0 Å². The third-order valence-electron chi connectivity index (χ3n) is 7.22. The molecule has 9 heteroatoms. The molecule has 9 nitrogen and oxygen atoms in total. The molecule has 0 aromatic heterocycles. The fourth-order valence-corrected chi connectivity index (χ4v) is 5.37. The maximum Gasteiger partial charge on any atom is 0.229 e. The summed E-state index contributed by atoms with van der Waals surface area (Å²) < 4.78 is 16.5. The minimum absolute atomic E-state index is 0.00425. The molecule has 6 rings (SSSR count). The minimum Gasteiger partial charge on any atom is -0.508 e. The first-order valence-electron chi connectivity index (χ1n) is 12.0. The maximum absolute atomic E-state index is 14.2. The standard InChI is InChI=1S/C30H22O9/c1-37-15-6-3-13(4-7-15)9-18-19-11-22(33)26(35)30(38-2)28(19)39-29-24(18)27(36)23-16-8-5-14(31)10-17(16)21(32)12-20(23)25(29)34/h3-8,10-12,18,31-33,35H,9H2,1-2H3. The van der Waals surface area contributed by atoms with Crippen LogP contribution < -0.4 is 14.2 Å². The number of Topliss-reactive ketones (excluding diaryl/α,β-unsaturated/α-hetero) is 2. The normalized spacial score (nSPS) is 15.9. The number of hydrogen-bond acceptors (Lipinski definition) is 9.